The van der Waals surface area contributed by atoms with Crippen molar-refractivity contribution in [3.8, 4) is 0 Å². The molecule has 0 aromatic carbocycles. The van der Waals surface area contributed by atoms with Crippen LogP contribution in [-0.2, 0) is 0 Å². The molecule has 1 N–H and O–H groups in total. The number of piperidine rings is 1. The van der Waals surface area contributed by atoms with Crippen LogP contribution in [0.4, 0.5) is 5.82 Å². The Morgan fingerprint density at radius 1 is 1.30 bits per heavy atom. The van der Waals surface area contributed by atoms with Gasteiger partial charge in [-0.05, 0) is 37.5 Å². The van der Waals surface area contributed by atoms with Crippen molar-refractivity contribution in [2.75, 3.05) is 25.5 Å². The summed E-state index contributed by atoms with van der Waals surface area (Å²) in [5, 5.41) is 3.06. The van der Waals surface area contributed by atoms with Crippen molar-refractivity contribution < 1.29 is 4.79 Å². The molecule has 0 spiro atoms. The van der Waals surface area contributed by atoms with Crippen molar-refractivity contribution in [3.05, 3.63) is 47.7 Å². The van der Waals surface area contributed by atoms with E-state index in [0.29, 0.717) is 18.2 Å². The summed E-state index contributed by atoms with van der Waals surface area (Å²) >= 11 is 0. The van der Waals surface area contributed by atoms with Crippen molar-refractivity contribution >= 4 is 11.7 Å². The zero-order chi connectivity index (χ0) is 16.2. The third-order valence-corrected chi connectivity index (χ3v) is 4.22. The summed E-state index contributed by atoms with van der Waals surface area (Å²) in [4.78, 5) is 27.1. The van der Waals surface area contributed by atoms with Crippen LogP contribution in [0.2, 0.25) is 0 Å². The smallest absolute Gasteiger partial charge is 0.274 e. The van der Waals surface area contributed by atoms with Crippen LogP contribution >= 0.6 is 0 Å². The summed E-state index contributed by atoms with van der Waals surface area (Å²) in [7, 11) is 1.86. The van der Waals surface area contributed by atoms with Crippen LogP contribution in [0.3, 0.4) is 0 Å². The predicted molar refractivity (Wildman–Crippen MR) is 88.4 cm³/mol. The van der Waals surface area contributed by atoms with Crippen molar-refractivity contribution in [2.45, 2.75) is 25.7 Å². The van der Waals surface area contributed by atoms with E-state index in [9.17, 15) is 4.79 Å². The third kappa shape index (κ3) is 3.47. The monoisotopic (exact) mass is 311 g/mol. The molecular formula is C17H21N5O. The van der Waals surface area contributed by atoms with E-state index in [1.54, 1.807) is 12.4 Å². The molecule has 1 saturated heterocycles. The first-order valence-electron chi connectivity index (χ1n) is 7.89. The summed E-state index contributed by atoms with van der Waals surface area (Å²) < 4.78 is 0. The molecule has 0 saturated carbocycles. The number of likely N-dealkylation sites (tertiary alicyclic amines) is 1. The zero-order valence-electron chi connectivity index (χ0n) is 13.5. The summed E-state index contributed by atoms with van der Waals surface area (Å²) in [5.74, 6) is 1.15. The van der Waals surface area contributed by atoms with Gasteiger partial charge in [0.05, 0.1) is 11.9 Å². The Balaban J connectivity index is 1.75. The molecule has 3 rings (SSSR count). The maximum atomic E-state index is 12.6. The van der Waals surface area contributed by atoms with Crippen LogP contribution in [0.1, 0.15) is 40.5 Å². The molecule has 0 aliphatic carbocycles. The maximum Gasteiger partial charge on any atom is 0.274 e. The Morgan fingerprint density at radius 2 is 2.17 bits per heavy atom. The lowest BCUT2D eigenvalue weighted by Crippen LogP contribution is -2.39. The maximum absolute atomic E-state index is 12.6. The van der Waals surface area contributed by atoms with E-state index in [-0.39, 0.29) is 5.91 Å². The average Bonchev–Trinajstić information content (AvgIpc) is 2.62. The number of hydrogen-bond acceptors (Lipinski definition) is 5. The van der Waals surface area contributed by atoms with E-state index in [1.165, 1.54) is 5.56 Å². The number of nitrogens with zero attached hydrogens (tertiary/aromatic N) is 4. The van der Waals surface area contributed by atoms with Gasteiger partial charge in [-0.2, -0.15) is 0 Å². The molecule has 6 heteroatoms. The molecular weight excluding hydrogens is 290 g/mol. The molecule has 1 atom stereocenters. The van der Waals surface area contributed by atoms with Crippen molar-refractivity contribution in [2.24, 2.45) is 0 Å². The largest absolute Gasteiger partial charge is 0.373 e. The number of anilines is 1. The van der Waals surface area contributed by atoms with E-state index >= 15 is 0 Å². The Kier molecular flexibility index (Phi) is 4.50. The average molecular weight is 311 g/mol. The molecule has 1 aliphatic rings. The lowest BCUT2D eigenvalue weighted by atomic mass is 9.91. The topological polar surface area (TPSA) is 71.0 Å². The van der Waals surface area contributed by atoms with Gasteiger partial charge in [0, 0.05) is 38.4 Å². The van der Waals surface area contributed by atoms with Gasteiger partial charge in [-0.3, -0.25) is 9.78 Å². The molecule has 120 valence electrons. The SMILES string of the molecule is CNc1cc(C2CCCN(C(=O)c3cnc(C)cn3)C2)ccn1. The molecule has 1 unspecified atom stereocenters. The van der Waals surface area contributed by atoms with Crippen LogP contribution in [0.25, 0.3) is 0 Å². The Morgan fingerprint density at radius 3 is 2.91 bits per heavy atom. The second-order valence-corrected chi connectivity index (χ2v) is 5.86. The van der Waals surface area contributed by atoms with E-state index in [4.69, 9.17) is 0 Å². The highest BCUT2D eigenvalue weighted by molar-refractivity contribution is 5.92. The molecule has 1 aliphatic heterocycles. The lowest BCUT2D eigenvalue weighted by Gasteiger charge is -2.32. The molecule has 0 bridgehead atoms. The van der Waals surface area contributed by atoms with Gasteiger partial charge >= 0.3 is 0 Å². The molecule has 6 nitrogen and oxygen atoms in total. The van der Waals surface area contributed by atoms with Gasteiger partial charge in [0.15, 0.2) is 0 Å². The van der Waals surface area contributed by atoms with Crippen molar-refractivity contribution in [1.82, 2.24) is 19.9 Å². The highest BCUT2D eigenvalue weighted by atomic mass is 16.2. The highest BCUT2D eigenvalue weighted by Gasteiger charge is 2.26. The molecule has 1 fully saturated rings. The minimum absolute atomic E-state index is 0.0369. The Bertz CT molecular complexity index is 686. The first-order chi connectivity index (χ1) is 11.2. The normalized spacial score (nSPS) is 17.8. The van der Waals surface area contributed by atoms with E-state index in [0.717, 1.165) is 30.9 Å². The van der Waals surface area contributed by atoms with Gasteiger partial charge in [0.2, 0.25) is 0 Å². The van der Waals surface area contributed by atoms with Gasteiger partial charge in [0.25, 0.3) is 5.91 Å². The van der Waals surface area contributed by atoms with Crippen molar-refractivity contribution in [3.63, 3.8) is 0 Å². The summed E-state index contributed by atoms with van der Waals surface area (Å²) in [6.07, 6.45) is 7.08. The Labute approximate surface area is 136 Å². The second kappa shape index (κ2) is 6.73. The summed E-state index contributed by atoms with van der Waals surface area (Å²) in [6.45, 7) is 3.34. The minimum atomic E-state index is -0.0369. The number of aromatic nitrogens is 3. The molecule has 2 aromatic heterocycles. The second-order valence-electron chi connectivity index (χ2n) is 5.86. The number of carbonyl (C=O) groups excluding carboxylic acids is 1. The molecule has 1 amide bonds. The number of pyridine rings is 1. The number of amides is 1. The van der Waals surface area contributed by atoms with E-state index < -0.39 is 0 Å². The van der Waals surface area contributed by atoms with Crippen LogP contribution < -0.4 is 5.32 Å². The minimum Gasteiger partial charge on any atom is -0.373 e. The fourth-order valence-corrected chi connectivity index (χ4v) is 2.94. The van der Waals surface area contributed by atoms with Gasteiger partial charge in [-0.1, -0.05) is 0 Å². The van der Waals surface area contributed by atoms with E-state index in [1.807, 2.05) is 31.1 Å². The summed E-state index contributed by atoms with van der Waals surface area (Å²) in [6, 6.07) is 4.09. The molecule has 3 heterocycles. The van der Waals surface area contributed by atoms with Crippen LogP contribution in [0.5, 0.6) is 0 Å². The summed E-state index contributed by atoms with van der Waals surface area (Å²) in [5.41, 5.74) is 2.45. The number of hydrogen-bond donors (Lipinski definition) is 1. The van der Waals surface area contributed by atoms with Gasteiger partial charge < -0.3 is 10.2 Å². The van der Waals surface area contributed by atoms with Gasteiger partial charge in [0.1, 0.15) is 11.5 Å². The third-order valence-electron chi connectivity index (χ3n) is 4.22. The molecule has 2 aromatic rings. The fourth-order valence-electron chi connectivity index (χ4n) is 2.94. The van der Waals surface area contributed by atoms with Crippen LogP contribution in [0.15, 0.2) is 30.7 Å². The predicted octanol–water partition coefficient (Wildman–Crippen LogP) is 2.24. The Hall–Kier alpha value is -2.50. The van der Waals surface area contributed by atoms with Gasteiger partial charge in [-0.25, -0.2) is 9.97 Å². The van der Waals surface area contributed by atoms with Crippen molar-refractivity contribution in [1.29, 1.82) is 0 Å². The fraction of sp³-hybridized carbons (Fsp3) is 0.412. The quantitative estimate of drug-likeness (QED) is 0.941. The van der Waals surface area contributed by atoms with Crippen LogP contribution in [0, 0.1) is 6.92 Å². The lowest BCUT2D eigenvalue weighted by molar-refractivity contribution is 0.0700. The van der Waals surface area contributed by atoms with Gasteiger partial charge in [-0.15, -0.1) is 0 Å². The van der Waals surface area contributed by atoms with Crippen LogP contribution in [-0.4, -0.2) is 45.9 Å². The number of aryl methyl sites for hydroxylation is 1. The number of nitrogens with one attached hydrogen (secondary N) is 1. The van der Waals surface area contributed by atoms with E-state index in [2.05, 4.69) is 26.3 Å². The first kappa shape index (κ1) is 15.4. The highest BCUT2D eigenvalue weighted by Crippen LogP contribution is 2.28. The standard InChI is InChI=1S/C17H21N5O/c1-12-9-21-15(10-20-12)17(23)22-7-3-4-14(11-22)13-5-6-19-16(8-13)18-2/h5-6,8-10,14H,3-4,7,11H2,1-2H3,(H,18,19). The number of rotatable bonds is 3. The zero-order valence-corrected chi connectivity index (χ0v) is 13.5. The molecule has 23 heavy (non-hydrogen) atoms. The first-order valence-corrected chi connectivity index (χ1v) is 7.89. The molecule has 0 radical (unpaired) electrons. The number of carbonyl (C=O) groups is 1.